The predicted molar refractivity (Wildman–Crippen MR) is 78.4 cm³/mol. The van der Waals surface area contributed by atoms with Gasteiger partial charge >= 0.3 is 0 Å². The first-order chi connectivity index (χ1) is 8.81. The van der Waals surface area contributed by atoms with E-state index >= 15 is 0 Å². The van der Waals surface area contributed by atoms with Crippen LogP contribution in [0.1, 0.15) is 65.2 Å². The number of fused-ring (bicyclic) bond motifs is 7. The Labute approximate surface area is 113 Å². The predicted octanol–water partition coefficient (Wildman–Crippen LogP) is 5.44. The Morgan fingerprint density at radius 3 is 1.44 bits per heavy atom. The summed E-state index contributed by atoms with van der Waals surface area (Å²) in [7, 11) is 0. The molecule has 0 heteroatoms. The molecule has 0 aromatic rings. The first-order valence-electron chi connectivity index (χ1n) is 8.50. The van der Waals surface area contributed by atoms with Crippen LogP contribution in [-0.2, 0) is 0 Å². The SMILES string of the molecule is C1=CC2CCC1C2.C1CC2CC1C1CC21.CCC. The fourth-order valence-corrected chi connectivity index (χ4v) is 4.87. The Bertz CT molecular complexity index is 277. The second-order valence-corrected chi connectivity index (χ2v) is 7.32. The van der Waals surface area contributed by atoms with E-state index in [-0.39, 0.29) is 0 Å². The van der Waals surface area contributed by atoms with Gasteiger partial charge in [-0.3, -0.25) is 0 Å². The molecule has 0 spiro atoms. The summed E-state index contributed by atoms with van der Waals surface area (Å²) in [6.45, 7) is 4.25. The number of hydrogen-bond acceptors (Lipinski definition) is 0. The van der Waals surface area contributed by atoms with Gasteiger partial charge in [-0.05, 0) is 80.5 Å². The molecule has 0 aliphatic heterocycles. The smallest absolute Gasteiger partial charge is 0.0228 e. The molecule has 102 valence electrons. The highest BCUT2D eigenvalue weighted by atomic mass is 14.6. The van der Waals surface area contributed by atoms with E-state index in [1.165, 1.54) is 49.4 Å². The molecule has 0 N–H and O–H groups in total. The van der Waals surface area contributed by atoms with Crippen molar-refractivity contribution >= 4 is 0 Å². The minimum atomic E-state index is 0.991. The molecule has 0 amide bonds. The van der Waals surface area contributed by atoms with Crippen molar-refractivity contribution in [1.82, 2.24) is 0 Å². The zero-order chi connectivity index (χ0) is 12.5. The normalized spacial score (nSPS) is 48.1. The lowest BCUT2D eigenvalue weighted by Crippen LogP contribution is -1.95. The molecule has 6 unspecified atom stereocenters. The average molecular weight is 246 g/mol. The van der Waals surface area contributed by atoms with Crippen LogP contribution in [0.15, 0.2) is 12.2 Å². The average Bonchev–Trinajstić information content (AvgIpc) is 2.86. The van der Waals surface area contributed by atoms with Gasteiger partial charge in [-0.1, -0.05) is 32.4 Å². The Balaban J connectivity index is 0.0000000930. The summed E-state index contributed by atoms with van der Waals surface area (Å²) < 4.78 is 0. The highest BCUT2D eigenvalue weighted by Gasteiger charge is 2.56. The van der Waals surface area contributed by atoms with Gasteiger partial charge in [0.2, 0.25) is 0 Å². The van der Waals surface area contributed by atoms with Gasteiger partial charge in [-0.2, -0.15) is 0 Å². The number of hydrogen-bond donors (Lipinski definition) is 0. The van der Waals surface area contributed by atoms with Gasteiger partial charge in [0.15, 0.2) is 0 Å². The van der Waals surface area contributed by atoms with Crippen LogP contribution in [0.25, 0.3) is 0 Å². The Kier molecular flexibility index (Phi) is 3.82. The van der Waals surface area contributed by atoms with E-state index in [0.29, 0.717) is 0 Å². The van der Waals surface area contributed by atoms with E-state index in [0.717, 1.165) is 11.8 Å². The van der Waals surface area contributed by atoms with Crippen LogP contribution in [0.3, 0.4) is 0 Å². The van der Waals surface area contributed by atoms with Gasteiger partial charge < -0.3 is 0 Å². The minimum Gasteiger partial charge on any atom is -0.0851 e. The second kappa shape index (κ2) is 5.39. The summed E-state index contributed by atoms with van der Waals surface area (Å²) in [5.41, 5.74) is 0. The molecular weight excluding hydrogens is 216 g/mol. The van der Waals surface area contributed by atoms with E-state index in [9.17, 15) is 0 Å². The molecule has 0 aromatic carbocycles. The van der Waals surface area contributed by atoms with Crippen molar-refractivity contribution in [2.24, 2.45) is 35.5 Å². The Morgan fingerprint density at radius 2 is 1.22 bits per heavy atom. The molecular formula is C18H30. The molecule has 4 fully saturated rings. The third-order valence-corrected chi connectivity index (χ3v) is 5.79. The van der Waals surface area contributed by atoms with Crippen LogP contribution in [0.4, 0.5) is 0 Å². The Hall–Kier alpha value is -0.260. The highest BCUT2D eigenvalue weighted by molar-refractivity contribution is 5.07. The third kappa shape index (κ3) is 2.53. The summed E-state index contributed by atoms with van der Waals surface area (Å²) in [4.78, 5) is 0. The van der Waals surface area contributed by atoms with Gasteiger partial charge in [0.05, 0.1) is 0 Å². The van der Waals surface area contributed by atoms with Gasteiger partial charge in [0, 0.05) is 0 Å². The zero-order valence-electron chi connectivity index (χ0n) is 12.3. The van der Waals surface area contributed by atoms with Gasteiger partial charge in [0.1, 0.15) is 0 Å². The first kappa shape index (κ1) is 12.8. The standard InChI is InChI=1S/C8H12.C7H10.C3H8/c1-2-6-3-5(1)7-4-8(6)7;1-2-7-4-3-6(1)5-7;1-3-2/h5-8H,1-4H2;1-2,6-7H,3-5H2;3H2,1-2H3. The highest BCUT2D eigenvalue weighted by Crippen LogP contribution is 2.65. The van der Waals surface area contributed by atoms with Crippen LogP contribution in [0.5, 0.6) is 0 Å². The second-order valence-electron chi connectivity index (χ2n) is 7.32. The topological polar surface area (TPSA) is 0 Å². The van der Waals surface area contributed by atoms with Crippen LogP contribution >= 0.6 is 0 Å². The monoisotopic (exact) mass is 246 g/mol. The van der Waals surface area contributed by atoms with E-state index in [1.54, 1.807) is 25.7 Å². The molecule has 4 saturated carbocycles. The first-order valence-corrected chi connectivity index (χ1v) is 8.50. The summed E-state index contributed by atoms with van der Waals surface area (Å²) in [6, 6.07) is 0. The van der Waals surface area contributed by atoms with Crippen molar-refractivity contribution in [3.8, 4) is 0 Å². The third-order valence-electron chi connectivity index (χ3n) is 5.79. The maximum Gasteiger partial charge on any atom is -0.0228 e. The largest absolute Gasteiger partial charge is 0.0851 e. The molecule has 5 rings (SSSR count). The van der Waals surface area contributed by atoms with Crippen molar-refractivity contribution in [1.29, 1.82) is 0 Å². The lowest BCUT2D eigenvalue weighted by Gasteiger charge is -2.04. The van der Waals surface area contributed by atoms with Crippen molar-refractivity contribution in [2.45, 2.75) is 65.2 Å². The number of allylic oxidation sites excluding steroid dienone is 2. The van der Waals surface area contributed by atoms with Gasteiger partial charge in [-0.15, -0.1) is 0 Å². The minimum absolute atomic E-state index is 0.991. The molecule has 0 saturated heterocycles. The molecule has 0 radical (unpaired) electrons. The lowest BCUT2D eigenvalue weighted by molar-refractivity contribution is 0.456. The van der Waals surface area contributed by atoms with Crippen LogP contribution in [-0.4, -0.2) is 0 Å². The van der Waals surface area contributed by atoms with Crippen LogP contribution in [0.2, 0.25) is 0 Å². The number of rotatable bonds is 0. The van der Waals surface area contributed by atoms with E-state index in [1.807, 2.05) is 0 Å². The fraction of sp³-hybridized carbons (Fsp3) is 0.889. The molecule has 4 bridgehead atoms. The van der Waals surface area contributed by atoms with Crippen molar-refractivity contribution in [2.75, 3.05) is 0 Å². The molecule has 5 aliphatic rings. The summed E-state index contributed by atoms with van der Waals surface area (Å²) >= 11 is 0. The molecule has 6 atom stereocenters. The molecule has 18 heavy (non-hydrogen) atoms. The zero-order valence-corrected chi connectivity index (χ0v) is 12.3. The summed E-state index contributed by atoms with van der Waals surface area (Å²) in [5, 5.41) is 0. The quantitative estimate of drug-likeness (QED) is 0.499. The van der Waals surface area contributed by atoms with Crippen molar-refractivity contribution in [3.63, 3.8) is 0 Å². The summed E-state index contributed by atoms with van der Waals surface area (Å²) in [5.74, 6) is 6.90. The summed E-state index contributed by atoms with van der Waals surface area (Å²) in [6.07, 6.45) is 16.9. The van der Waals surface area contributed by atoms with Crippen LogP contribution < -0.4 is 0 Å². The maximum absolute atomic E-state index is 2.38. The maximum atomic E-state index is 2.38. The lowest BCUT2D eigenvalue weighted by atomic mass is 10.0. The Morgan fingerprint density at radius 1 is 0.722 bits per heavy atom. The molecule has 0 heterocycles. The van der Waals surface area contributed by atoms with Crippen molar-refractivity contribution in [3.05, 3.63) is 12.2 Å². The molecule has 0 nitrogen and oxygen atoms in total. The van der Waals surface area contributed by atoms with Crippen LogP contribution in [0, 0.1) is 35.5 Å². The van der Waals surface area contributed by atoms with E-state index in [4.69, 9.17) is 0 Å². The van der Waals surface area contributed by atoms with Gasteiger partial charge in [-0.25, -0.2) is 0 Å². The van der Waals surface area contributed by atoms with E-state index < -0.39 is 0 Å². The fourth-order valence-electron chi connectivity index (χ4n) is 4.87. The van der Waals surface area contributed by atoms with E-state index in [2.05, 4.69) is 26.0 Å². The molecule has 5 aliphatic carbocycles. The van der Waals surface area contributed by atoms with Crippen molar-refractivity contribution < 1.29 is 0 Å². The van der Waals surface area contributed by atoms with Gasteiger partial charge in [0.25, 0.3) is 0 Å². The molecule has 0 aromatic heterocycles.